The van der Waals surface area contributed by atoms with Crippen molar-refractivity contribution >= 4 is 16.0 Å². The number of carbonyl (C=O) groups excluding carboxylic acids is 1. The summed E-state index contributed by atoms with van der Waals surface area (Å²) in [5, 5.41) is 11.0. The lowest BCUT2D eigenvalue weighted by molar-refractivity contribution is -0.140. The first-order valence-electron chi connectivity index (χ1n) is 8.41. The highest BCUT2D eigenvalue weighted by Crippen LogP contribution is 2.53. The lowest BCUT2D eigenvalue weighted by Crippen LogP contribution is -2.54. The topological polar surface area (TPSA) is 92.7 Å². The zero-order chi connectivity index (χ0) is 18.0. The van der Waals surface area contributed by atoms with Crippen molar-refractivity contribution in [1.29, 1.82) is 0 Å². The van der Waals surface area contributed by atoms with Crippen LogP contribution in [0.2, 0.25) is 0 Å². The molecule has 0 amide bonds. The minimum atomic E-state index is -3.75. The van der Waals surface area contributed by atoms with E-state index in [2.05, 4.69) is 4.72 Å². The summed E-state index contributed by atoms with van der Waals surface area (Å²) in [5.74, 6) is -0.743. The van der Waals surface area contributed by atoms with E-state index in [9.17, 15) is 18.3 Å². The van der Waals surface area contributed by atoms with Crippen LogP contribution in [0.5, 0.6) is 0 Å². The van der Waals surface area contributed by atoms with Crippen molar-refractivity contribution in [3.8, 4) is 0 Å². The molecule has 6 nitrogen and oxygen atoms in total. The minimum Gasteiger partial charge on any atom is -0.455 e. The van der Waals surface area contributed by atoms with E-state index in [1.165, 1.54) is 0 Å². The molecule has 1 saturated heterocycles. The second-order valence-electron chi connectivity index (χ2n) is 7.59. The molecule has 134 valence electrons. The molecule has 2 fully saturated rings. The number of carbonyl (C=O) groups is 1. The molecule has 1 heterocycles. The van der Waals surface area contributed by atoms with Gasteiger partial charge in [0.2, 0.25) is 10.0 Å². The number of hydrogen-bond acceptors (Lipinski definition) is 5. The first kappa shape index (κ1) is 16.8. The predicted octanol–water partition coefficient (Wildman–Crippen LogP) is 1.43. The number of hydrogen-bond donors (Lipinski definition) is 2. The van der Waals surface area contributed by atoms with E-state index < -0.39 is 33.2 Å². The molecule has 1 aromatic carbocycles. The van der Waals surface area contributed by atoms with Gasteiger partial charge in [-0.1, -0.05) is 23.8 Å². The maximum absolute atomic E-state index is 12.8. The van der Waals surface area contributed by atoms with E-state index in [-0.39, 0.29) is 16.4 Å². The maximum Gasteiger partial charge on any atom is 0.337 e. The van der Waals surface area contributed by atoms with Crippen LogP contribution in [-0.2, 0) is 19.6 Å². The van der Waals surface area contributed by atoms with Crippen molar-refractivity contribution < 1.29 is 23.1 Å². The summed E-state index contributed by atoms with van der Waals surface area (Å²) >= 11 is 0. The zero-order valence-electron chi connectivity index (χ0n) is 14.2. The van der Waals surface area contributed by atoms with Crippen LogP contribution >= 0.6 is 0 Å². The molecule has 2 aliphatic carbocycles. The molecule has 1 aliphatic heterocycles. The molecule has 0 spiro atoms. The summed E-state index contributed by atoms with van der Waals surface area (Å²) < 4.78 is 33.5. The van der Waals surface area contributed by atoms with Crippen LogP contribution in [0.1, 0.15) is 31.7 Å². The molecule has 7 heteroatoms. The summed E-state index contributed by atoms with van der Waals surface area (Å²) in [7, 11) is -3.75. The molecule has 1 aromatic rings. The first-order valence-corrected chi connectivity index (χ1v) is 9.90. The molecule has 0 bridgehead atoms. The van der Waals surface area contributed by atoms with E-state index in [4.69, 9.17) is 4.74 Å². The fourth-order valence-corrected chi connectivity index (χ4v) is 5.80. The van der Waals surface area contributed by atoms with E-state index in [0.717, 1.165) is 5.56 Å². The Hall–Kier alpha value is -1.70. The van der Waals surface area contributed by atoms with E-state index in [1.807, 2.05) is 6.92 Å². The summed E-state index contributed by atoms with van der Waals surface area (Å²) in [6.45, 7) is 3.63. The Morgan fingerprint density at radius 2 is 1.92 bits per heavy atom. The minimum absolute atomic E-state index is 0.178. The van der Waals surface area contributed by atoms with Gasteiger partial charge in [0, 0.05) is 5.54 Å². The van der Waals surface area contributed by atoms with Gasteiger partial charge >= 0.3 is 5.97 Å². The van der Waals surface area contributed by atoms with Gasteiger partial charge in [-0.2, -0.15) is 0 Å². The van der Waals surface area contributed by atoms with Gasteiger partial charge in [0.15, 0.2) is 0 Å². The molecule has 2 N–H and O–H groups in total. The van der Waals surface area contributed by atoms with Crippen molar-refractivity contribution in [2.75, 3.05) is 0 Å². The van der Waals surface area contributed by atoms with E-state index in [1.54, 1.807) is 37.3 Å². The van der Waals surface area contributed by atoms with Gasteiger partial charge in [0.05, 0.1) is 10.5 Å². The lowest BCUT2D eigenvalue weighted by atomic mass is 9.71. The second kappa shape index (κ2) is 5.16. The Bertz CT molecular complexity index is 875. The van der Waals surface area contributed by atoms with Gasteiger partial charge in [0.25, 0.3) is 0 Å². The van der Waals surface area contributed by atoms with Gasteiger partial charge < -0.3 is 9.84 Å². The third kappa shape index (κ3) is 2.45. The number of aliphatic hydroxyl groups is 1. The van der Waals surface area contributed by atoms with Crippen molar-refractivity contribution in [1.82, 2.24) is 4.72 Å². The number of benzene rings is 1. The molecular formula is C18H21NO5S. The first-order chi connectivity index (χ1) is 11.6. The highest BCUT2D eigenvalue weighted by Gasteiger charge is 2.64. The number of nitrogens with one attached hydrogen (secondary N) is 1. The number of sulfonamides is 1. The fourth-order valence-electron chi connectivity index (χ4n) is 4.43. The smallest absolute Gasteiger partial charge is 0.337 e. The normalized spacial score (nSPS) is 36.8. The Morgan fingerprint density at radius 1 is 1.24 bits per heavy atom. The quantitative estimate of drug-likeness (QED) is 0.793. The van der Waals surface area contributed by atoms with Crippen molar-refractivity contribution in [3.63, 3.8) is 0 Å². The summed E-state index contributed by atoms with van der Waals surface area (Å²) in [6.07, 6.45) is 2.77. The summed E-state index contributed by atoms with van der Waals surface area (Å²) in [5.41, 5.74) is -1.05. The van der Waals surface area contributed by atoms with Crippen LogP contribution in [0.25, 0.3) is 0 Å². The Balaban J connectivity index is 1.70. The van der Waals surface area contributed by atoms with Crippen LogP contribution in [0, 0.1) is 12.8 Å². The lowest BCUT2D eigenvalue weighted by Gasteiger charge is -2.40. The predicted molar refractivity (Wildman–Crippen MR) is 90.2 cm³/mol. The molecule has 1 saturated carbocycles. The van der Waals surface area contributed by atoms with Crippen LogP contribution in [0.15, 0.2) is 40.8 Å². The SMILES string of the molecule is Cc1ccc(S(=O)(=O)N[C@@]2(C)C=C3C(=O)O[C@@H]4CC[C@H](C2)[C@]34O)cc1. The monoisotopic (exact) mass is 363 g/mol. The Labute approximate surface area is 146 Å². The van der Waals surface area contributed by atoms with Crippen molar-refractivity contribution in [2.45, 2.75) is 55.2 Å². The molecule has 4 atom stereocenters. The van der Waals surface area contributed by atoms with Crippen LogP contribution in [0.4, 0.5) is 0 Å². The largest absolute Gasteiger partial charge is 0.455 e. The summed E-state index contributed by atoms with van der Waals surface area (Å²) in [4.78, 5) is 12.3. The molecule has 25 heavy (non-hydrogen) atoms. The third-order valence-electron chi connectivity index (χ3n) is 5.62. The highest BCUT2D eigenvalue weighted by molar-refractivity contribution is 7.89. The van der Waals surface area contributed by atoms with Crippen molar-refractivity contribution in [3.05, 3.63) is 41.5 Å². The van der Waals surface area contributed by atoms with Crippen LogP contribution in [-0.4, -0.2) is 36.7 Å². The molecule has 3 aliphatic rings. The molecular weight excluding hydrogens is 342 g/mol. The van der Waals surface area contributed by atoms with Gasteiger partial charge in [0.1, 0.15) is 11.7 Å². The molecule has 4 rings (SSSR count). The summed E-state index contributed by atoms with van der Waals surface area (Å²) in [6, 6.07) is 6.60. The van der Waals surface area contributed by atoms with E-state index >= 15 is 0 Å². The molecule has 0 radical (unpaired) electrons. The average Bonchev–Trinajstić information content (AvgIpc) is 2.95. The number of rotatable bonds is 3. The standard InChI is InChI=1S/C18H21NO5S/c1-11-3-6-13(7-4-11)25(22,23)19-17(2)9-12-5-8-15-18(12,21)14(10-17)16(20)24-15/h3-4,6-7,10,12,15,19,21H,5,8-9H2,1-2H3/t12-,15-,17-,18+/m1/s1. The maximum atomic E-state index is 12.8. The van der Waals surface area contributed by atoms with Gasteiger partial charge in [-0.15, -0.1) is 0 Å². The number of esters is 1. The highest BCUT2D eigenvalue weighted by atomic mass is 32.2. The Morgan fingerprint density at radius 3 is 2.60 bits per heavy atom. The molecule has 0 aromatic heterocycles. The fraction of sp³-hybridized carbons (Fsp3) is 0.500. The Kier molecular flexibility index (Phi) is 3.45. The zero-order valence-corrected chi connectivity index (χ0v) is 15.0. The number of aryl methyl sites for hydroxylation is 1. The third-order valence-corrected chi connectivity index (χ3v) is 7.25. The van der Waals surface area contributed by atoms with Crippen LogP contribution in [0.3, 0.4) is 0 Å². The number of ether oxygens (including phenoxy) is 1. The second-order valence-corrected chi connectivity index (χ2v) is 9.27. The van der Waals surface area contributed by atoms with Crippen LogP contribution < -0.4 is 4.72 Å². The van der Waals surface area contributed by atoms with Gasteiger partial charge in [-0.05, 0) is 51.2 Å². The van der Waals surface area contributed by atoms with Crippen molar-refractivity contribution in [2.24, 2.45) is 5.92 Å². The van der Waals surface area contributed by atoms with Gasteiger partial charge in [-0.3, -0.25) is 0 Å². The van der Waals surface area contributed by atoms with Gasteiger partial charge in [-0.25, -0.2) is 17.9 Å². The van der Waals surface area contributed by atoms with E-state index in [0.29, 0.717) is 19.3 Å². The average molecular weight is 363 g/mol. The molecule has 0 unspecified atom stereocenters.